The van der Waals surface area contributed by atoms with Crippen LogP contribution in [0.4, 0.5) is 0 Å². The maximum Gasteiger partial charge on any atom is 0.0566 e. The van der Waals surface area contributed by atoms with Gasteiger partial charge >= 0.3 is 0 Å². The molecule has 54 valence electrons. The van der Waals surface area contributed by atoms with Crippen LogP contribution in [0.2, 0.25) is 0 Å². The van der Waals surface area contributed by atoms with Crippen molar-refractivity contribution < 1.29 is 5.21 Å². The van der Waals surface area contributed by atoms with E-state index >= 15 is 0 Å². The van der Waals surface area contributed by atoms with Gasteiger partial charge < -0.3 is 5.32 Å². The first-order valence-corrected chi connectivity index (χ1v) is 3.04. The molecule has 1 aliphatic rings. The number of hydrogen-bond acceptors (Lipinski definition) is 3. The Morgan fingerprint density at radius 1 is 1.70 bits per heavy atom. The third-order valence-electron chi connectivity index (χ3n) is 1.20. The van der Waals surface area contributed by atoms with Crippen molar-refractivity contribution in [1.82, 2.24) is 10.8 Å². The van der Waals surface area contributed by atoms with E-state index in [2.05, 4.69) is 5.32 Å². The number of rotatable bonds is 1. The van der Waals surface area contributed by atoms with E-state index in [0.717, 1.165) is 11.3 Å². The van der Waals surface area contributed by atoms with Gasteiger partial charge in [-0.15, -0.1) is 0 Å². The maximum absolute atomic E-state index is 8.29. The minimum Gasteiger partial charge on any atom is -0.360 e. The lowest BCUT2D eigenvalue weighted by Gasteiger charge is -2.07. The lowest BCUT2D eigenvalue weighted by Crippen LogP contribution is -2.10. The molecule has 0 radical (unpaired) electrons. The molecule has 0 saturated heterocycles. The van der Waals surface area contributed by atoms with Crippen molar-refractivity contribution in [3.63, 3.8) is 0 Å². The van der Waals surface area contributed by atoms with E-state index < -0.39 is 0 Å². The summed E-state index contributed by atoms with van der Waals surface area (Å²) in [5, 5.41) is 11.2. The summed E-state index contributed by atoms with van der Waals surface area (Å²) in [6, 6.07) is 0. The Kier molecular flexibility index (Phi) is 2.12. The summed E-state index contributed by atoms with van der Waals surface area (Å²) in [4.78, 5) is 0. The number of hydrogen-bond donors (Lipinski definition) is 3. The number of dihydropyridines is 1. The molecular weight excluding hydrogens is 128 g/mol. The highest BCUT2D eigenvalue weighted by molar-refractivity contribution is 5.32. The van der Waals surface area contributed by atoms with Gasteiger partial charge in [-0.05, 0) is 24.6 Å². The zero-order chi connectivity index (χ0) is 7.40. The molecule has 0 fully saturated rings. The lowest BCUT2D eigenvalue weighted by atomic mass is 10.2. The Morgan fingerprint density at radius 3 is 3.10 bits per heavy atom. The number of allylic oxidation sites excluding steroid dienone is 3. The highest BCUT2D eigenvalue weighted by Gasteiger charge is 1.93. The van der Waals surface area contributed by atoms with E-state index in [4.69, 9.17) is 5.21 Å². The van der Waals surface area contributed by atoms with Gasteiger partial charge in [0.05, 0.1) is 5.70 Å². The average Bonchev–Trinajstić information content (AvgIpc) is 1.88. The normalized spacial score (nSPS) is 20.2. The number of hydroxylamine groups is 1. The van der Waals surface area contributed by atoms with E-state index in [-0.39, 0.29) is 0 Å². The van der Waals surface area contributed by atoms with Gasteiger partial charge in [0, 0.05) is 12.4 Å². The molecule has 10 heavy (non-hydrogen) atoms. The first-order chi connectivity index (χ1) is 4.83. The molecule has 3 nitrogen and oxygen atoms in total. The Morgan fingerprint density at radius 2 is 2.50 bits per heavy atom. The van der Waals surface area contributed by atoms with Gasteiger partial charge in [0.25, 0.3) is 0 Å². The molecule has 0 aromatic rings. The van der Waals surface area contributed by atoms with Crippen LogP contribution in [0.15, 0.2) is 35.8 Å². The van der Waals surface area contributed by atoms with Gasteiger partial charge in [0.15, 0.2) is 0 Å². The molecule has 0 aromatic heterocycles. The largest absolute Gasteiger partial charge is 0.360 e. The molecule has 1 rings (SSSR count). The van der Waals surface area contributed by atoms with Gasteiger partial charge in [-0.2, -0.15) is 0 Å². The highest BCUT2D eigenvalue weighted by Crippen LogP contribution is 2.04. The van der Waals surface area contributed by atoms with Crippen molar-refractivity contribution in [2.24, 2.45) is 0 Å². The fraction of sp³-hybridized carbons (Fsp3) is 0.143. The minimum atomic E-state index is 0.850. The van der Waals surface area contributed by atoms with Crippen LogP contribution < -0.4 is 10.8 Å². The highest BCUT2D eigenvalue weighted by atomic mass is 16.5. The minimum absolute atomic E-state index is 0.850. The molecule has 0 aliphatic carbocycles. The van der Waals surface area contributed by atoms with E-state index in [1.807, 2.05) is 30.8 Å². The predicted octanol–water partition coefficient (Wildman–Crippen LogP) is 0.870. The van der Waals surface area contributed by atoms with Gasteiger partial charge in [-0.1, -0.05) is 0 Å². The summed E-state index contributed by atoms with van der Waals surface area (Å²) in [6.07, 6.45) is 7.17. The van der Waals surface area contributed by atoms with Crippen molar-refractivity contribution in [3.8, 4) is 0 Å². The lowest BCUT2D eigenvalue weighted by molar-refractivity contribution is 0.213. The van der Waals surface area contributed by atoms with Crippen LogP contribution in [0, 0.1) is 0 Å². The first kappa shape index (κ1) is 6.89. The molecule has 3 N–H and O–H groups in total. The first-order valence-electron chi connectivity index (χ1n) is 3.04. The summed E-state index contributed by atoms with van der Waals surface area (Å²) < 4.78 is 0. The molecule has 0 bridgehead atoms. The molecule has 0 atom stereocenters. The SMILES string of the molecule is CC1=C/C(=C/NO)NC=C1. The van der Waals surface area contributed by atoms with E-state index in [1.165, 1.54) is 6.20 Å². The third-order valence-corrected chi connectivity index (χ3v) is 1.20. The van der Waals surface area contributed by atoms with E-state index in [1.54, 1.807) is 0 Å². The summed E-state index contributed by atoms with van der Waals surface area (Å²) >= 11 is 0. The van der Waals surface area contributed by atoms with Crippen LogP contribution in [0.25, 0.3) is 0 Å². The van der Waals surface area contributed by atoms with Crippen LogP contribution >= 0.6 is 0 Å². The van der Waals surface area contributed by atoms with Crippen LogP contribution in [0.5, 0.6) is 0 Å². The second-order valence-electron chi connectivity index (χ2n) is 2.09. The van der Waals surface area contributed by atoms with E-state index in [0.29, 0.717) is 0 Å². The summed E-state index contributed by atoms with van der Waals surface area (Å²) in [6.45, 7) is 1.99. The Labute approximate surface area is 59.7 Å². The molecule has 0 amide bonds. The third kappa shape index (κ3) is 1.63. The van der Waals surface area contributed by atoms with Crippen molar-refractivity contribution in [1.29, 1.82) is 0 Å². The van der Waals surface area contributed by atoms with Crippen LogP contribution in [0.3, 0.4) is 0 Å². The zero-order valence-corrected chi connectivity index (χ0v) is 5.76. The monoisotopic (exact) mass is 138 g/mol. The van der Waals surface area contributed by atoms with Crippen molar-refractivity contribution in [3.05, 3.63) is 35.8 Å². The van der Waals surface area contributed by atoms with Crippen LogP contribution in [-0.4, -0.2) is 5.21 Å². The molecule has 0 saturated carbocycles. The van der Waals surface area contributed by atoms with E-state index in [9.17, 15) is 0 Å². The topological polar surface area (TPSA) is 44.3 Å². The van der Waals surface area contributed by atoms with Gasteiger partial charge in [0.2, 0.25) is 0 Å². The molecule has 3 heteroatoms. The van der Waals surface area contributed by atoms with Gasteiger partial charge in [0.1, 0.15) is 0 Å². The number of nitrogens with one attached hydrogen (secondary N) is 2. The maximum atomic E-state index is 8.29. The second kappa shape index (κ2) is 3.08. The van der Waals surface area contributed by atoms with Gasteiger partial charge in [-0.3, -0.25) is 10.7 Å². The fourth-order valence-corrected chi connectivity index (χ4v) is 0.757. The smallest absolute Gasteiger partial charge is 0.0566 e. The predicted molar refractivity (Wildman–Crippen MR) is 39.0 cm³/mol. The second-order valence-corrected chi connectivity index (χ2v) is 2.09. The van der Waals surface area contributed by atoms with Crippen molar-refractivity contribution in [2.45, 2.75) is 6.92 Å². The molecule has 0 unspecified atom stereocenters. The molecule has 0 aromatic carbocycles. The summed E-state index contributed by atoms with van der Waals surface area (Å²) in [5.41, 5.74) is 3.96. The molecule has 1 aliphatic heterocycles. The van der Waals surface area contributed by atoms with Crippen molar-refractivity contribution >= 4 is 0 Å². The average molecular weight is 138 g/mol. The van der Waals surface area contributed by atoms with Gasteiger partial charge in [-0.25, -0.2) is 0 Å². The Balaban J connectivity index is 2.68. The Bertz CT molecular complexity index is 204. The fourth-order valence-electron chi connectivity index (χ4n) is 0.757. The standard InChI is InChI=1S/C7H10N2O/c1-6-2-3-8-7(4-6)5-9-10/h2-5,8-10H,1H3/b7-5-. The summed E-state index contributed by atoms with van der Waals surface area (Å²) in [5.74, 6) is 0. The molecule has 1 heterocycles. The van der Waals surface area contributed by atoms with Crippen molar-refractivity contribution in [2.75, 3.05) is 0 Å². The summed E-state index contributed by atoms with van der Waals surface area (Å²) in [7, 11) is 0. The van der Waals surface area contributed by atoms with Crippen LogP contribution in [0.1, 0.15) is 6.92 Å². The quantitative estimate of drug-likeness (QED) is 0.471. The molecule has 0 spiro atoms. The van der Waals surface area contributed by atoms with Crippen LogP contribution in [-0.2, 0) is 0 Å². The Hall–Kier alpha value is -1.22. The zero-order valence-electron chi connectivity index (χ0n) is 5.76. The molecular formula is C7H10N2O.